The van der Waals surface area contributed by atoms with Gasteiger partial charge in [-0.3, -0.25) is 4.79 Å². The third kappa shape index (κ3) is 3.63. The zero-order valence-corrected chi connectivity index (χ0v) is 18.0. The van der Waals surface area contributed by atoms with Crippen molar-refractivity contribution in [2.45, 2.75) is 6.04 Å². The van der Waals surface area contributed by atoms with E-state index in [4.69, 9.17) is 9.47 Å². The molecular formula is C20H16BrN5O5. The summed E-state index contributed by atoms with van der Waals surface area (Å²) in [6.07, 6.45) is 0. The van der Waals surface area contributed by atoms with Crippen molar-refractivity contribution < 1.29 is 24.2 Å². The quantitative estimate of drug-likeness (QED) is 0.413. The highest BCUT2D eigenvalue weighted by Gasteiger charge is 2.38. The second kappa shape index (κ2) is 8.19. The number of hydrogen-bond acceptors (Lipinski definition) is 9. The van der Waals surface area contributed by atoms with E-state index >= 15 is 0 Å². The molecule has 3 aromatic rings. The summed E-state index contributed by atoms with van der Waals surface area (Å²) in [5.41, 5.74) is 0.886. The molecule has 2 aromatic carbocycles. The number of carbonyl (C=O) groups excluding carboxylic acids is 2. The molecule has 31 heavy (non-hydrogen) atoms. The van der Waals surface area contributed by atoms with Gasteiger partial charge in [0.05, 0.1) is 19.8 Å². The number of Topliss-reactive ketones (excluding diaryl/α,β-unsaturated/α-hetero) is 1. The molecule has 0 fully saturated rings. The highest BCUT2D eigenvalue weighted by Crippen LogP contribution is 2.39. The van der Waals surface area contributed by atoms with Crippen LogP contribution in [0.1, 0.15) is 22.0 Å². The Hall–Kier alpha value is -3.73. The Balaban J connectivity index is 1.96. The number of nitrogens with zero attached hydrogens (tertiary/aromatic N) is 4. The van der Waals surface area contributed by atoms with Crippen molar-refractivity contribution >= 4 is 33.6 Å². The number of tetrazole rings is 1. The number of rotatable bonds is 5. The molecule has 4 rings (SSSR count). The summed E-state index contributed by atoms with van der Waals surface area (Å²) < 4.78 is 12.3. The topological polar surface area (TPSA) is 128 Å². The first kappa shape index (κ1) is 20.5. The first-order valence-electron chi connectivity index (χ1n) is 8.99. The van der Waals surface area contributed by atoms with Gasteiger partial charge in [-0.2, -0.15) is 4.68 Å². The third-order valence-corrected chi connectivity index (χ3v) is 5.31. The van der Waals surface area contributed by atoms with E-state index in [9.17, 15) is 14.7 Å². The number of ether oxygens (including phenoxy) is 2. The summed E-state index contributed by atoms with van der Waals surface area (Å²) in [6, 6.07) is 10.4. The van der Waals surface area contributed by atoms with Crippen molar-refractivity contribution in [2.75, 3.05) is 19.5 Å². The first-order chi connectivity index (χ1) is 14.9. The van der Waals surface area contributed by atoms with E-state index < -0.39 is 17.8 Å². The number of ketones is 1. The van der Waals surface area contributed by atoms with Crippen molar-refractivity contribution in [3.05, 3.63) is 69.3 Å². The fraction of sp³-hybridized carbons (Fsp3) is 0.150. The second-order valence-corrected chi connectivity index (χ2v) is 7.44. The summed E-state index contributed by atoms with van der Waals surface area (Å²) in [7, 11) is 2.63. The molecule has 0 saturated heterocycles. The first-order valence-corrected chi connectivity index (χ1v) is 9.78. The normalized spacial score (nSPS) is 15.1. The second-order valence-electron chi connectivity index (χ2n) is 6.52. The molecule has 1 atom stereocenters. The molecule has 0 saturated carbocycles. The van der Waals surface area contributed by atoms with E-state index in [0.717, 1.165) is 4.47 Å². The number of halogens is 1. The summed E-state index contributed by atoms with van der Waals surface area (Å²) in [5, 5.41) is 24.4. The lowest BCUT2D eigenvalue weighted by Crippen LogP contribution is -2.33. The molecule has 0 radical (unpaired) electrons. The van der Waals surface area contributed by atoms with Crippen LogP contribution in [0.5, 0.6) is 11.5 Å². The number of nitrogens with one attached hydrogen (secondary N) is 1. The molecule has 0 spiro atoms. The Kier molecular flexibility index (Phi) is 5.42. The fourth-order valence-corrected chi connectivity index (χ4v) is 3.58. The van der Waals surface area contributed by atoms with Gasteiger partial charge in [-0.15, -0.1) is 0 Å². The lowest BCUT2D eigenvalue weighted by atomic mass is 9.89. The summed E-state index contributed by atoms with van der Waals surface area (Å²) in [5.74, 6) is -0.885. The number of fused-ring (bicyclic) bond motifs is 1. The van der Waals surface area contributed by atoms with Crippen LogP contribution in [-0.4, -0.2) is 51.3 Å². The van der Waals surface area contributed by atoms with Gasteiger partial charge in [-0.1, -0.05) is 27.1 Å². The number of carbonyl (C=O) groups is 2. The maximum Gasteiger partial charge on any atom is 0.355 e. The van der Waals surface area contributed by atoms with E-state index in [1.165, 1.54) is 25.0 Å². The molecule has 0 amide bonds. The smallest absolute Gasteiger partial charge is 0.355 e. The third-order valence-electron chi connectivity index (χ3n) is 4.78. The Morgan fingerprint density at radius 2 is 1.90 bits per heavy atom. The summed E-state index contributed by atoms with van der Waals surface area (Å²) >= 11 is 3.35. The highest BCUT2D eigenvalue weighted by atomic mass is 79.9. The van der Waals surface area contributed by atoms with Gasteiger partial charge in [-0.25, -0.2) is 4.79 Å². The number of aromatic nitrogens is 4. The van der Waals surface area contributed by atoms with Gasteiger partial charge in [-0.05, 0) is 52.4 Å². The predicted octanol–water partition coefficient (Wildman–Crippen LogP) is 2.47. The molecule has 11 heteroatoms. The van der Waals surface area contributed by atoms with Gasteiger partial charge in [0, 0.05) is 10.0 Å². The zero-order valence-electron chi connectivity index (χ0n) is 16.4. The number of hydrogen-bond donors (Lipinski definition) is 2. The average molecular weight is 486 g/mol. The van der Waals surface area contributed by atoms with Crippen molar-refractivity contribution in [2.24, 2.45) is 0 Å². The molecule has 2 N–H and O–H groups in total. The van der Waals surface area contributed by atoms with Crippen molar-refractivity contribution in [3.63, 3.8) is 0 Å². The summed E-state index contributed by atoms with van der Waals surface area (Å²) in [4.78, 5) is 26.2. The van der Waals surface area contributed by atoms with Gasteiger partial charge < -0.3 is 19.9 Å². The maximum atomic E-state index is 13.6. The minimum atomic E-state index is -0.883. The Bertz CT molecular complexity index is 1200. The molecule has 1 aliphatic heterocycles. The predicted molar refractivity (Wildman–Crippen MR) is 112 cm³/mol. The van der Waals surface area contributed by atoms with E-state index in [0.29, 0.717) is 11.1 Å². The lowest BCUT2D eigenvalue weighted by Gasteiger charge is -2.28. The van der Waals surface area contributed by atoms with Crippen LogP contribution in [0.15, 0.2) is 58.2 Å². The minimum Gasteiger partial charge on any atom is -0.504 e. The van der Waals surface area contributed by atoms with Crippen LogP contribution in [0.4, 0.5) is 5.95 Å². The van der Waals surface area contributed by atoms with Gasteiger partial charge >= 0.3 is 5.97 Å². The van der Waals surface area contributed by atoms with Crippen molar-refractivity contribution in [1.82, 2.24) is 20.2 Å². The monoisotopic (exact) mass is 485 g/mol. The van der Waals surface area contributed by atoms with Crippen LogP contribution in [0.25, 0.3) is 0 Å². The van der Waals surface area contributed by atoms with Crippen LogP contribution < -0.4 is 10.1 Å². The fourth-order valence-electron chi connectivity index (χ4n) is 3.32. The number of aromatic hydroxyl groups is 1. The maximum absolute atomic E-state index is 13.6. The number of phenolic OH excluding ortho intramolecular Hbond substituents is 1. The minimum absolute atomic E-state index is 0.0740. The molecule has 1 aromatic heterocycles. The van der Waals surface area contributed by atoms with Crippen LogP contribution in [0.3, 0.4) is 0 Å². The molecule has 158 valence electrons. The van der Waals surface area contributed by atoms with Gasteiger partial charge in [0.25, 0.3) is 0 Å². The number of anilines is 1. The molecular weight excluding hydrogens is 470 g/mol. The van der Waals surface area contributed by atoms with E-state index in [1.807, 2.05) is 0 Å². The van der Waals surface area contributed by atoms with E-state index in [2.05, 4.69) is 36.8 Å². The Labute approximate surface area is 184 Å². The largest absolute Gasteiger partial charge is 0.504 e. The molecule has 0 unspecified atom stereocenters. The number of methoxy groups -OCH3 is 2. The standard InChI is InChI=1S/C20H16BrN5O5/c1-30-14-9-11(5-8-13(14)27)17-15(18(28)10-3-6-12(21)7-4-10)16(19(29)31-2)22-20-23-24-25-26(17)20/h3-9,17,27H,1-2H3,(H,22,23,25)/t17-/m0/s1. The zero-order chi connectivity index (χ0) is 22.1. The number of benzene rings is 2. The Morgan fingerprint density at radius 3 is 2.58 bits per heavy atom. The van der Waals surface area contributed by atoms with Crippen LogP contribution in [-0.2, 0) is 9.53 Å². The van der Waals surface area contributed by atoms with Crippen LogP contribution in [0, 0.1) is 0 Å². The van der Waals surface area contributed by atoms with Gasteiger partial charge in [0.2, 0.25) is 5.95 Å². The molecule has 0 bridgehead atoms. The Morgan fingerprint density at radius 1 is 1.16 bits per heavy atom. The molecule has 2 heterocycles. The lowest BCUT2D eigenvalue weighted by molar-refractivity contribution is -0.136. The average Bonchev–Trinajstić information content (AvgIpc) is 3.26. The van der Waals surface area contributed by atoms with E-state index in [1.54, 1.807) is 36.4 Å². The van der Waals surface area contributed by atoms with Gasteiger partial charge in [0.15, 0.2) is 17.3 Å². The number of phenols is 1. The van der Waals surface area contributed by atoms with E-state index in [-0.39, 0.29) is 28.7 Å². The van der Waals surface area contributed by atoms with Crippen molar-refractivity contribution in [1.29, 1.82) is 0 Å². The highest BCUT2D eigenvalue weighted by molar-refractivity contribution is 9.10. The van der Waals surface area contributed by atoms with Crippen molar-refractivity contribution in [3.8, 4) is 11.5 Å². The van der Waals surface area contributed by atoms with Crippen LogP contribution in [0.2, 0.25) is 0 Å². The summed E-state index contributed by atoms with van der Waals surface area (Å²) in [6.45, 7) is 0. The SMILES string of the molecule is COC(=O)C1=C(C(=O)c2ccc(Br)cc2)[C@H](c2ccc(O)c(OC)c2)n2nnnc2N1. The molecule has 10 nitrogen and oxygen atoms in total. The number of allylic oxidation sites excluding steroid dienone is 1. The molecule has 1 aliphatic rings. The molecule has 0 aliphatic carbocycles. The number of esters is 1. The van der Waals surface area contributed by atoms with Gasteiger partial charge in [0.1, 0.15) is 11.7 Å². The van der Waals surface area contributed by atoms with Crippen LogP contribution >= 0.6 is 15.9 Å².